The molecule has 0 N–H and O–H groups in total. The fourth-order valence-electron chi connectivity index (χ4n) is 3.40. The van der Waals surface area contributed by atoms with Crippen molar-refractivity contribution in [1.82, 2.24) is 4.90 Å². The summed E-state index contributed by atoms with van der Waals surface area (Å²) < 4.78 is 0. The fourth-order valence-corrected chi connectivity index (χ4v) is 3.40. The highest BCUT2D eigenvalue weighted by atomic mass is 16.2. The summed E-state index contributed by atoms with van der Waals surface area (Å²) >= 11 is 0. The van der Waals surface area contributed by atoms with E-state index in [-0.39, 0.29) is 11.8 Å². The zero-order chi connectivity index (χ0) is 18.5. The molecule has 2 aromatic carbocycles. The summed E-state index contributed by atoms with van der Waals surface area (Å²) in [6.45, 7) is 13.6. The highest BCUT2D eigenvalue weighted by molar-refractivity contribution is 6.22. The molecule has 2 amide bonds. The molecule has 3 rings (SSSR count). The minimum absolute atomic E-state index is 0.216. The van der Waals surface area contributed by atoms with E-state index < -0.39 is 5.54 Å². The molecule has 0 saturated carbocycles. The molecule has 0 radical (unpaired) electrons. The maximum absolute atomic E-state index is 13.1. The number of carbonyl (C=O) groups excluding carboxylic acids is 2. The molecule has 0 saturated heterocycles. The van der Waals surface area contributed by atoms with Crippen LogP contribution in [0.2, 0.25) is 0 Å². The van der Waals surface area contributed by atoms with Crippen molar-refractivity contribution < 1.29 is 9.59 Å². The lowest BCUT2D eigenvalue weighted by atomic mass is 9.90. The molecule has 0 bridgehead atoms. The van der Waals surface area contributed by atoms with Gasteiger partial charge in [0.25, 0.3) is 11.8 Å². The van der Waals surface area contributed by atoms with E-state index in [0.717, 1.165) is 27.8 Å². The van der Waals surface area contributed by atoms with Gasteiger partial charge in [-0.3, -0.25) is 14.5 Å². The van der Waals surface area contributed by atoms with E-state index in [0.29, 0.717) is 11.1 Å². The van der Waals surface area contributed by atoms with Gasteiger partial charge in [-0.2, -0.15) is 0 Å². The number of carbonyl (C=O) groups is 2. The Balaban J connectivity index is 2.12. The number of fused-ring (bicyclic) bond motifs is 1. The number of aryl methyl sites for hydroxylation is 1. The first-order valence-corrected chi connectivity index (χ1v) is 8.41. The predicted octanol–water partition coefficient (Wildman–Crippen LogP) is 4.87. The second kappa shape index (κ2) is 5.69. The molecule has 0 fully saturated rings. The molecule has 0 spiro atoms. The summed E-state index contributed by atoms with van der Waals surface area (Å²) in [7, 11) is 0. The summed E-state index contributed by atoms with van der Waals surface area (Å²) in [6.07, 6.45) is 0. The molecule has 0 aliphatic carbocycles. The van der Waals surface area contributed by atoms with Crippen molar-refractivity contribution >= 4 is 17.4 Å². The maximum Gasteiger partial charge on any atom is 0.262 e. The van der Waals surface area contributed by atoms with Gasteiger partial charge in [0, 0.05) is 0 Å². The van der Waals surface area contributed by atoms with Crippen molar-refractivity contribution in [2.45, 2.75) is 40.2 Å². The van der Waals surface area contributed by atoms with E-state index >= 15 is 0 Å². The average molecular weight is 333 g/mol. The first-order valence-electron chi connectivity index (χ1n) is 8.41. The predicted molar refractivity (Wildman–Crippen MR) is 101 cm³/mol. The second-order valence-electron chi connectivity index (χ2n) is 7.30. The van der Waals surface area contributed by atoms with E-state index in [9.17, 15) is 9.59 Å². The van der Waals surface area contributed by atoms with Gasteiger partial charge in [-0.25, -0.2) is 0 Å². The zero-order valence-corrected chi connectivity index (χ0v) is 15.4. The number of imide groups is 1. The van der Waals surface area contributed by atoms with Gasteiger partial charge in [0.1, 0.15) is 0 Å². The molecule has 1 aliphatic heterocycles. The Morgan fingerprint density at radius 3 is 2.36 bits per heavy atom. The van der Waals surface area contributed by atoms with Crippen LogP contribution in [0.3, 0.4) is 0 Å². The molecule has 0 aromatic heterocycles. The molecular weight excluding hydrogens is 310 g/mol. The molecule has 128 valence electrons. The van der Waals surface area contributed by atoms with Gasteiger partial charge < -0.3 is 0 Å². The number of nitrogens with zero attached hydrogens (tertiary/aromatic N) is 1. The molecular formula is C22H23NO2. The average Bonchev–Trinajstić information content (AvgIpc) is 2.82. The van der Waals surface area contributed by atoms with Gasteiger partial charge in [0.05, 0.1) is 16.7 Å². The Hall–Kier alpha value is -2.68. The number of allylic oxidation sites excluding steroid dienone is 1. The molecule has 25 heavy (non-hydrogen) atoms. The van der Waals surface area contributed by atoms with Gasteiger partial charge in [-0.15, -0.1) is 0 Å². The molecule has 2 aromatic rings. The first kappa shape index (κ1) is 17.2. The van der Waals surface area contributed by atoms with E-state index in [1.54, 1.807) is 6.07 Å². The first-order chi connectivity index (χ1) is 11.7. The zero-order valence-electron chi connectivity index (χ0n) is 15.4. The maximum atomic E-state index is 13.1. The van der Waals surface area contributed by atoms with Crippen molar-refractivity contribution in [3.05, 3.63) is 76.4 Å². The van der Waals surface area contributed by atoms with Gasteiger partial charge in [-0.05, 0) is 69.0 Å². The van der Waals surface area contributed by atoms with E-state index in [2.05, 4.69) is 6.58 Å². The Bertz CT molecular complexity index is 922. The minimum Gasteiger partial charge on any atom is -0.269 e. The Morgan fingerprint density at radius 2 is 1.72 bits per heavy atom. The van der Waals surface area contributed by atoms with Crippen molar-refractivity contribution in [3.63, 3.8) is 0 Å². The van der Waals surface area contributed by atoms with Crippen LogP contribution in [-0.2, 0) is 5.54 Å². The SMILES string of the molecule is C=C(C)c1cccc(C(C)(C)N2C(=O)c3ccc(C)c(C)c3C2=O)c1. The highest BCUT2D eigenvalue weighted by Gasteiger charge is 2.45. The number of rotatable bonds is 3. The molecule has 1 heterocycles. The monoisotopic (exact) mass is 333 g/mol. The topological polar surface area (TPSA) is 37.4 Å². The van der Waals surface area contributed by atoms with Gasteiger partial charge in [0.15, 0.2) is 0 Å². The summed E-state index contributed by atoms with van der Waals surface area (Å²) in [6, 6.07) is 11.5. The van der Waals surface area contributed by atoms with Crippen LogP contribution < -0.4 is 0 Å². The van der Waals surface area contributed by atoms with Crippen LogP contribution in [0.25, 0.3) is 5.57 Å². The van der Waals surface area contributed by atoms with Crippen LogP contribution in [0.4, 0.5) is 0 Å². The summed E-state index contributed by atoms with van der Waals surface area (Å²) in [4.78, 5) is 27.5. The normalized spacial score (nSPS) is 14.0. The second-order valence-corrected chi connectivity index (χ2v) is 7.30. The largest absolute Gasteiger partial charge is 0.269 e. The lowest BCUT2D eigenvalue weighted by Crippen LogP contribution is -2.45. The highest BCUT2D eigenvalue weighted by Crippen LogP contribution is 2.38. The summed E-state index contributed by atoms with van der Waals surface area (Å²) in [5.74, 6) is -0.444. The third-order valence-electron chi connectivity index (χ3n) is 5.21. The third-order valence-corrected chi connectivity index (χ3v) is 5.21. The van der Waals surface area contributed by atoms with Crippen LogP contribution in [0.15, 0.2) is 43.0 Å². The Labute approximate surface area is 149 Å². The minimum atomic E-state index is -0.751. The van der Waals surface area contributed by atoms with Crippen LogP contribution in [0, 0.1) is 13.8 Å². The molecule has 1 aliphatic rings. The van der Waals surface area contributed by atoms with Crippen LogP contribution in [0.1, 0.15) is 63.7 Å². The quantitative estimate of drug-likeness (QED) is 0.752. The molecule has 3 heteroatoms. The molecule has 0 atom stereocenters. The molecule has 0 unspecified atom stereocenters. The van der Waals surface area contributed by atoms with Gasteiger partial charge in [-0.1, -0.05) is 36.4 Å². The van der Waals surface area contributed by atoms with E-state index in [1.807, 2.05) is 65.0 Å². The van der Waals surface area contributed by atoms with Crippen LogP contribution >= 0.6 is 0 Å². The van der Waals surface area contributed by atoms with Crippen LogP contribution in [-0.4, -0.2) is 16.7 Å². The number of hydrogen-bond acceptors (Lipinski definition) is 2. The van der Waals surface area contributed by atoms with Gasteiger partial charge in [0.2, 0.25) is 0 Å². The number of hydrogen-bond donors (Lipinski definition) is 0. The molecule has 3 nitrogen and oxygen atoms in total. The van der Waals surface area contributed by atoms with Crippen molar-refractivity contribution in [2.24, 2.45) is 0 Å². The van der Waals surface area contributed by atoms with Crippen LogP contribution in [0.5, 0.6) is 0 Å². The summed E-state index contributed by atoms with van der Waals surface area (Å²) in [5, 5.41) is 0. The standard InChI is InChI=1S/C22H23NO2/c1-13(2)16-8-7-9-17(12-16)22(5,6)23-20(24)18-11-10-14(3)15(4)19(18)21(23)25/h7-12H,1H2,2-6H3. The Kier molecular flexibility index (Phi) is 3.91. The number of amides is 2. The smallest absolute Gasteiger partial charge is 0.262 e. The van der Waals surface area contributed by atoms with Crippen molar-refractivity contribution in [2.75, 3.05) is 0 Å². The lowest BCUT2D eigenvalue weighted by molar-refractivity contribution is 0.0475. The van der Waals surface area contributed by atoms with Crippen molar-refractivity contribution in [1.29, 1.82) is 0 Å². The lowest BCUT2D eigenvalue weighted by Gasteiger charge is -2.34. The fraction of sp³-hybridized carbons (Fsp3) is 0.273. The van der Waals surface area contributed by atoms with E-state index in [4.69, 9.17) is 0 Å². The van der Waals surface area contributed by atoms with Gasteiger partial charge >= 0.3 is 0 Å². The third kappa shape index (κ3) is 2.51. The summed E-state index contributed by atoms with van der Waals surface area (Å²) in [5.41, 5.74) is 5.05. The van der Waals surface area contributed by atoms with E-state index in [1.165, 1.54) is 4.90 Å². The Morgan fingerprint density at radius 1 is 1.04 bits per heavy atom. The number of benzene rings is 2. The van der Waals surface area contributed by atoms with Crippen molar-refractivity contribution in [3.8, 4) is 0 Å².